The van der Waals surface area contributed by atoms with Crippen LogP contribution in [0.5, 0.6) is 5.75 Å². The molecule has 0 amide bonds. The van der Waals surface area contributed by atoms with Gasteiger partial charge in [0.15, 0.2) is 5.82 Å². The third-order valence-corrected chi connectivity index (χ3v) is 5.34. The van der Waals surface area contributed by atoms with Crippen LogP contribution in [0, 0.1) is 0 Å². The van der Waals surface area contributed by atoms with Gasteiger partial charge in [-0.25, -0.2) is 4.98 Å². The summed E-state index contributed by atoms with van der Waals surface area (Å²) in [5.74, 6) is 2.02. The molecule has 1 unspecified atom stereocenters. The van der Waals surface area contributed by atoms with Crippen molar-refractivity contribution in [3.8, 4) is 27.9 Å². The van der Waals surface area contributed by atoms with Crippen LogP contribution in [-0.2, 0) is 0 Å². The van der Waals surface area contributed by atoms with E-state index in [0.29, 0.717) is 17.4 Å². The first-order valence-corrected chi connectivity index (χ1v) is 9.95. The number of ether oxygens (including phenoxy) is 1. The van der Waals surface area contributed by atoms with Gasteiger partial charge in [0.1, 0.15) is 16.5 Å². The Bertz CT molecular complexity index is 896. The molecule has 1 N–H and O–H groups in total. The summed E-state index contributed by atoms with van der Waals surface area (Å²) in [7, 11) is 2.08. The number of piperazine rings is 1. The summed E-state index contributed by atoms with van der Waals surface area (Å²) < 4.78 is 11.2. The summed E-state index contributed by atoms with van der Waals surface area (Å²) in [4.78, 5) is 11.5. The summed E-state index contributed by atoms with van der Waals surface area (Å²) in [6.45, 7) is 6.80. The monoisotopic (exact) mass is 421 g/mol. The smallest absolute Gasteiger partial charge is 0.277 e. The van der Waals surface area contributed by atoms with Crippen molar-refractivity contribution in [3.05, 3.63) is 35.5 Å². The van der Waals surface area contributed by atoms with Gasteiger partial charge >= 0.3 is 0 Å². The number of aromatic nitrogens is 3. The Labute approximate surface area is 174 Å². The minimum absolute atomic E-state index is 0. The second-order valence-electron chi connectivity index (χ2n) is 6.89. The lowest BCUT2D eigenvalue weighted by Crippen LogP contribution is -2.44. The highest BCUT2D eigenvalue weighted by atomic mass is 35.5. The van der Waals surface area contributed by atoms with Gasteiger partial charge in [0.25, 0.3) is 5.89 Å². The van der Waals surface area contributed by atoms with E-state index in [-0.39, 0.29) is 24.6 Å². The first-order chi connectivity index (χ1) is 13.1. The number of benzene rings is 1. The molecule has 0 bridgehead atoms. The van der Waals surface area contributed by atoms with Gasteiger partial charge in [-0.3, -0.25) is 4.90 Å². The highest BCUT2D eigenvalue weighted by Crippen LogP contribution is 2.30. The molecule has 0 saturated carbocycles. The van der Waals surface area contributed by atoms with E-state index < -0.39 is 0 Å². The molecule has 1 fully saturated rings. The molecular weight excluding hydrogens is 398 g/mol. The molecular formula is C19H24ClN5O2S. The molecule has 7 nitrogen and oxygen atoms in total. The highest BCUT2D eigenvalue weighted by molar-refractivity contribution is 7.13. The van der Waals surface area contributed by atoms with Crippen LogP contribution in [0.3, 0.4) is 0 Å². The summed E-state index contributed by atoms with van der Waals surface area (Å²) in [5.41, 5.74) is 1.75. The third-order valence-electron chi connectivity index (χ3n) is 4.45. The molecule has 1 aliphatic rings. The van der Waals surface area contributed by atoms with Gasteiger partial charge in [-0.2, -0.15) is 4.98 Å². The van der Waals surface area contributed by atoms with E-state index in [1.807, 2.05) is 43.5 Å². The number of hydrogen-bond acceptors (Lipinski definition) is 8. The maximum Gasteiger partial charge on any atom is 0.277 e. The van der Waals surface area contributed by atoms with Crippen molar-refractivity contribution < 1.29 is 9.26 Å². The van der Waals surface area contributed by atoms with Crippen LogP contribution in [0.15, 0.2) is 34.2 Å². The quantitative estimate of drug-likeness (QED) is 0.673. The summed E-state index contributed by atoms with van der Waals surface area (Å²) in [6.07, 6.45) is 0.160. The summed E-state index contributed by atoms with van der Waals surface area (Å²) >= 11 is 1.56. The molecule has 150 valence electrons. The maximum absolute atomic E-state index is 5.69. The van der Waals surface area contributed by atoms with Gasteiger partial charge in [-0.15, -0.1) is 23.7 Å². The normalized spacial score (nSPS) is 17.5. The van der Waals surface area contributed by atoms with Crippen LogP contribution in [0.25, 0.3) is 22.2 Å². The Balaban J connectivity index is 0.00000225. The van der Waals surface area contributed by atoms with Crippen molar-refractivity contribution >= 4 is 23.7 Å². The molecule has 0 aliphatic carbocycles. The minimum Gasteiger partial charge on any atom is -0.491 e. The van der Waals surface area contributed by atoms with Crippen molar-refractivity contribution in [1.29, 1.82) is 0 Å². The second-order valence-corrected chi connectivity index (χ2v) is 7.75. The lowest BCUT2D eigenvalue weighted by atomic mass is 10.2. The zero-order valence-electron chi connectivity index (χ0n) is 16.1. The predicted octanol–water partition coefficient (Wildman–Crippen LogP) is 3.65. The van der Waals surface area contributed by atoms with Gasteiger partial charge < -0.3 is 14.6 Å². The number of rotatable bonds is 5. The fourth-order valence-corrected chi connectivity index (χ4v) is 3.82. The second kappa shape index (κ2) is 9.00. The number of nitrogens with zero attached hydrogens (tertiary/aromatic N) is 4. The molecule has 3 heterocycles. The average molecular weight is 422 g/mol. The lowest BCUT2D eigenvalue weighted by Gasteiger charge is -2.30. The molecule has 1 aliphatic heterocycles. The molecule has 9 heteroatoms. The number of hydrogen-bond donors (Lipinski definition) is 1. The molecule has 2 aromatic heterocycles. The van der Waals surface area contributed by atoms with Crippen LogP contribution in [0.1, 0.15) is 25.7 Å². The molecule has 3 aromatic rings. The maximum atomic E-state index is 5.69. The van der Waals surface area contributed by atoms with Crippen molar-refractivity contribution in [3.63, 3.8) is 0 Å². The summed E-state index contributed by atoms with van der Waals surface area (Å²) in [5, 5.41) is 10.4. The number of thiazole rings is 1. The van der Waals surface area contributed by atoms with E-state index >= 15 is 0 Å². The van der Waals surface area contributed by atoms with E-state index in [1.54, 1.807) is 11.3 Å². The average Bonchev–Trinajstić information content (AvgIpc) is 3.32. The van der Waals surface area contributed by atoms with Crippen molar-refractivity contribution in [2.24, 2.45) is 0 Å². The van der Waals surface area contributed by atoms with E-state index in [2.05, 4.69) is 32.4 Å². The molecule has 0 spiro atoms. The fraction of sp³-hybridized carbons (Fsp3) is 0.421. The van der Waals surface area contributed by atoms with Crippen molar-refractivity contribution in [1.82, 2.24) is 25.3 Å². The van der Waals surface area contributed by atoms with Crippen LogP contribution in [0.4, 0.5) is 0 Å². The summed E-state index contributed by atoms with van der Waals surface area (Å²) in [6, 6.07) is 8.09. The molecule has 1 saturated heterocycles. The Morgan fingerprint density at radius 1 is 1.25 bits per heavy atom. The van der Waals surface area contributed by atoms with E-state index in [0.717, 1.165) is 36.0 Å². The largest absolute Gasteiger partial charge is 0.491 e. The van der Waals surface area contributed by atoms with Crippen LogP contribution >= 0.6 is 23.7 Å². The van der Waals surface area contributed by atoms with Gasteiger partial charge in [0, 0.05) is 30.6 Å². The van der Waals surface area contributed by atoms with E-state index in [1.165, 1.54) is 0 Å². The van der Waals surface area contributed by atoms with Crippen LogP contribution < -0.4 is 10.1 Å². The minimum atomic E-state index is 0. The number of halogens is 1. The zero-order valence-corrected chi connectivity index (χ0v) is 17.7. The molecule has 1 atom stereocenters. The van der Waals surface area contributed by atoms with Gasteiger partial charge in [-0.05, 0) is 45.2 Å². The third kappa shape index (κ3) is 4.52. The topological polar surface area (TPSA) is 76.3 Å². The molecule has 28 heavy (non-hydrogen) atoms. The van der Waals surface area contributed by atoms with E-state index in [9.17, 15) is 0 Å². The van der Waals surface area contributed by atoms with Crippen molar-refractivity contribution in [2.45, 2.75) is 26.0 Å². The Kier molecular flexibility index (Phi) is 6.66. The van der Waals surface area contributed by atoms with E-state index in [4.69, 9.17) is 9.26 Å². The predicted molar refractivity (Wildman–Crippen MR) is 112 cm³/mol. The SMILES string of the molecule is CC(C)Oc1ccc(-c2nc(-c3nc(C4CNCCN4C)no3)cs2)cc1.Cl. The first-order valence-electron chi connectivity index (χ1n) is 9.07. The zero-order chi connectivity index (χ0) is 18.8. The molecule has 0 radical (unpaired) electrons. The van der Waals surface area contributed by atoms with Gasteiger partial charge in [-0.1, -0.05) is 5.16 Å². The Morgan fingerprint density at radius 2 is 2.04 bits per heavy atom. The lowest BCUT2D eigenvalue weighted by molar-refractivity contribution is 0.190. The first kappa shape index (κ1) is 20.7. The Morgan fingerprint density at radius 3 is 2.75 bits per heavy atom. The number of nitrogens with one attached hydrogen (secondary N) is 1. The molecule has 4 rings (SSSR count). The highest BCUT2D eigenvalue weighted by Gasteiger charge is 2.26. The standard InChI is InChI=1S/C19H23N5O2S.ClH/c1-12(2)25-14-6-4-13(5-7-14)19-21-15(11-27-19)18-22-17(23-26-18)16-10-20-8-9-24(16)3;/h4-7,11-12,16,20H,8-10H2,1-3H3;1H. The van der Waals surface area contributed by atoms with Gasteiger partial charge in [0.2, 0.25) is 0 Å². The fourth-order valence-electron chi connectivity index (χ4n) is 3.02. The number of likely N-dealkylation sites (N-methyl/N-ethyl adjacent to an activating group) is 1. The van der Waals surface area contributed by atoms with Gasteiger partial charge in [0.05, 0.1) is 12.1 Å². The van der Waals surface area contributed by atoms with Crippen LogP contribution in [0.2, 0.25) is 0 Å². The Hall–Kier alpha value is -2.00. The molecule has 1 aromatic carbocycles. The van der Waals surface area contributed by atoms with Crippen molar-refractivity contribution in [2.75, 3.05) is 26.7 Å². The van der Waals surface area contributed by atoms with Crippen LogP contribution in [-0.4, -0.2) is 52.8 Å².